The van der Waals surface area contributed by atoms with E-state index in [2.05, 4.69) is 0 Å². The normalized spacial score (nSPS) is 11.9. The highest BCUT2D eigenvalue weighted by atomic mass is 31.2. The fourth-order valence-electron chi connectivity index (χ4n) is 0.137. The molecule has 0 aliphatic carbocycles. The minimum Gasteiger partial charge on any atom is -0.324 e. The molecule has 0 spiro atoms. The van der Waals surface area contributed by atoms with Crippen LogP contribution in [0.3, 0.4) is 0 Å². The van der Waals surface area contributed by atoms with E-state index in [0.717, 1.165) is 6.42 Å². The van der Waals surface area contributed by atoms with Crippen LogP contribution in [0, 0.1) is 13.3 Å². The molecule has 0 amide bonds. The van der Waals surface area contributed by atoms with Crippen LogP contribution in [0.5, 0.6) is 0 Å². The SMILES string of the molecule is [CH][CH]CP(=O)(O)O. The van der Waals surface area contributed by atoms with E-state index < -0.39 is 7.60 Å². The molecule has 0 atom stereocenters. The van der Waals surface area contributed by atoms with Crippen LogP contribution in [-0.4, -0.2) is 15.9 Å². The van der Waals surface area contributed by atoms with Gasteiger partial charge in [0.1, 0.15) is 0 Å². The molecular weight excluding hydrogens is 115 g/mol. The summed E-state index contributed by atoms with van der Waals surface area (Å²) in [6, 6.07) is 0. The first-order valence-electron chi connectivity index (χ1n) is 1.64. The molecule has 7 heavy (non-hydrogen) atoms. The zero-order valence-corrected chi connectivity index (χ0v) is 4.51. The summed E-state index contributed by atoms with van der Waals surface area (Å²) < 4.78 is 9.81. The Hall–Kier alpha value is 0.150. The molecule has 2 N–H and O–H groups in total. The summed E-state index contributed by atoms with van der Waals surface area (Å²) in [5, 5.41) is 0. The van der Waals surface area contributed by atoms with Crippen LogP contribution >= 0.6 is 7.60 Å². The highest BCUT2D eigenvalue weighted by Crippen LogP contribution is 2.33. The van der Waals surface area contributed by atoms with E-state index in [1.54, 1.807) is 0 Å². The first-order valence-corrected chi connectivity index (χ1v) is 3.44. The van der Waals surface area contributed by atoms with Gasteiger partial charge in [-0.1, -0.05) is 0 Å². The molecule has 41 valence electrons. The van der Waals surface area contributed by atoms with Gasteiger partial charge in [-0.2, -0.15) is 0 Å². The molecule has 0 aliphatic rings. The van der Waals surface area contributed by atoms with Gasteiger partial charge < -0.3 is 9.79 Å². The Morgan fingerprint density at radius 3 is 2.14 bits per heavy atom. The summed E-state index contributed by atoms with van der Waals surface area (Å²) >= 11 is 0. The van der Waals surface area contributed by atoms with Crippen LogP contribution in [0.25, 0.3) is 0 Å². The fourth-order valence-corrected chi connectivity index (χ4v) is 0.412. The van der Waals surface area contributed by atoms with Crippen molar-refractivity contribution >= 4 is 7.60 Å². The predicted molar refractivity (Wildman–Crippen MR) is 25.5 cm³/mol. The van der Waals surface area contributed by atoms with Crippen LogP contribution in [-0.2, 0) is 4.57 Å². The van der Waals surface area contributed by atoms with Crippen molar-refractivity contribution in [3.63, 3.8) is 0 Å². The lowest BCUT2D eigenvalue weighted by atomic mass is 10.6. The largest absolute Gasteiger partial charge is 0.325 e. The molecule has 0 unspecified atom stereocenters. The lowest BCUT2D eigenvalue weighted by molar-refractivity contribution is 0.376. The van der Waals surface area contributed by atoms with Crippen LogP contribution in [0.1, 0.15) is 0 Å². The van der Waals surface area contributed by atoms with Gasteiger partial charge >= 0.3 is 7.60 Å². The third-order valence-corrected chi connectivity index (χ3v) is 1.03. The first-order chi connectivity index (χ1) is 3.06. The molecule has 4 heteroatoms. The highest BCUT2D eigenvalue weighted by molar-refractivity contribution is 7.51. The van der Waals surface area contributed by atoms with Gasteiger partial charge in [-0.3, -0.25) is 4.57 Å². The van der Waals surface area contributed by atoms with Gasteiger partial charge in [0.15, 0.2) is 0 Å². The average molecular weight is 121 g/mol. The third kappa shape index (κ3) is 6.15. The molecule has 0 aromatic carbocycles. The predicted octanol–water partition coefficient (Wildman–Crippen LogP) is 0.0795. The second kappa shape index (κ2) is 2.46. The highest BCUT2D eigenvalue weighted by Gasteiger charge is 2.08. The van der Waals surface area contributed by atoms with Crippen molar-refractivity contribution in [2.75, 3.05) is 6.16 Å². The van der Waals surface area contributed by atoms with Crippen molar-refractivity contribution in [1.29, 1.82) is 0 Å². The van der Waals surface area contributed by atoms with Crippen LogP contribution < -0.4 is 0 Å². The molecule has 0 aromatic heterocycles. The van der Waals surface area contributed by atoms with Crippen molar-refractivity contribution in [2.24, 2.45) is 0 Å². The maximum atomic E-state index is 9.81. The zero-order chi connectivity index (χ0) is 5.91. The third-order valence-electron chi connectivity index (χ3n) is 0.343. The second-order valence-electron chi connectivity index (χ2n) is 1.08. The van der Waals surface area contributed by atoms with Gasteiger partial charge in [0, 0.05) is 0 Å². The summed E-state index contributed by atoms with van der Waals surface area (Å²) in [5.74, 6) is 0. The van der Waals surface area contributed by atoms with Crippen molar-refractivity contribution in [2.45, 2.75) is 0 Å². The van der Waals surface area contributed by atoms with E-state index in [0.29, 0.717) is 0 Å². The minimum absolute atomic E-state index is 0.340. The molecule has 3 nitrogen and oxygen atoms in total. The lowest BCUT2D eigenvalue weighted by Crippen LogP contribution is -1.83. The summed E-state index contributed by atoms with van der Waals surface area (Å²) in [7, 11) is -3.85. The fraction of sp³-hybridized carbons (Fsp3) is 0.333. The molecule has 0 saturated carbocycles. The Kier molecular flexibility index (Phi) is 2.51. The van der Waals surface area contributed by atoms with Crippen LogP contribution in [0.15, 0.2) is 0 Å². The van der Waals surface area contributed by atoms with Crippen molar-refractivity contribution in [3.8, 4) is 0 Å². The zero-order valence-electron chi connectivity index (χ0n) is 3.61. The summed E-state index contributed by atoms with van der Waals surface area (Å²) in [5.41, 5.74) is 0. The van der Waals surface area contributed by atoms with Gasteiger partial charge in [-0.05, 0) is 13.3 Å². The first kappa shape index (κ1) is 7.15. The second-order valence-corrected chi connectivity index (χ2v) is 2.78. The van der Waals surface area contributed by atoms with Crippen molar-refractivity contribution in [3.05, 3.63) is 13.3 Å². The monoisotopic (exact) mass is 121 g/mol. The van der Waals surface area contributed by atoms with E-state index >= 15 is 0 Å². The summed E-state index contributed by atoms with van der Waals surface area (Å²) in [6.45, 7) is 4.70. The van der Waals surface area contributed by atoms with E-state index in [9.17, 15) is 4.57 Å². The molecule has 0 bridgehead atoms. The van der Waals surface area contributed by atoms with Gasteiger partial charge in [-0.25, -0.2) is 0 Å². The molecule has 0 rings (SSSR count). The number of hydrogen-bond acceptors (Lipinski definition) is 1. The molecule has 3 radical (unpaired) electrons. The van der Waals surface area contributed by atoms with Gasteiger partial charge in [0.2, 0.25) is 0 Å². The van der Waals surface area contributed by atoms with E-state index in [4.69, 9.17) is 16.7 Å². The Morgan fingerprint density at radius 1 is 1.71 bits per heavy atom. The van der Waals surface area contributed by atoms with E-state index in [-0.39, 0.29) is 6.16 Å². The lowest BCUT2D eigenvalue weighted by Gasteiger charge is -1.96. The number of rotatable bonds is 2. The summed E-state index contributed by atoms with van der Waals surface area (Å²) in [6.07, 6.45) is 0.605. The minimum atomic E-state index is -3.85. The molecule has 0 saturated heterocycles. The van der Waals surface area contributed by atoms with E-state index in [1.165, 1.54) is 0 Å². The Balaban J connectivity index is 3.36. The maximum Gasteiger partial charge on any atom is 0.325 e. The van der Waals surface area contributed by atoms with Crippen LogP contribution in [0.2, 0.25) is 0 Å². The van der Waals surface area contributed by atoms with Gasteiger partial charge in [0.25, 0.3) is 0 Å². The maximum absolute atomic E-state index is 9.81. The average Bonchev–Trinajstić information content (AvgIpc) is 1.30. The smallest absolute Gasteiger partial charge is 0.324 e. The Labute approximate surface area is 42.5 Å². The van der Waals surface area contributed by atoms with Gasteiger partial charge in [0.05, 0.1) is 6.16 Å². The van der Waals surface area contributed by atoms with Crippen LogP contribution in [0.4, 0.5) is 0 Å². The van der Waals surface area contributed by atoms with Crippen molar-refractivity contribution in [1.82, 2.24) is 0 Å². The quantitative estimate of drug-likeness (QED) is 0.508. The Morgan fingerprint density at radius 2 is 2.14 bits per heavy atom. The number of hydrogen-bond donors (Lipinski definition) is 2. The summed E-state index contributed by atoms with van der Waals surface area (Å²) in [4.78, 5) is 16.0. The Bertz CT molecular complexity index is 84.2. The molecule has 0 heterocycles. The molecule has 0 aromatic rings. The topological polar surface area (TPSA) is 57.5 Å². The van der Waals surface area contributed by atoms with Gasteiger partial charge in [-0.15, -0.1) is 0 Å². The molecular formula is C3H6O3P. The van der Waals surface area contributed by atoms with Crippen molar-refractivity contribution < 1.29 is 14.4 Å². The van der Waals surface area contributed by atoms with E-state index in [1.807, 2.05) is 0 Å². The standard InChI is InChI=1S/C3H6O3P/c1-2-3-7(4,5)6/h1-2H,3H2,(H2,4,5,6). The molecule has 0 aliphatic heterocycles. The molecule has 0 fully saturated rings.